The number of carbonyl (C=O) groups excluding carboxylic acids is 1. The lowest BCUT2D eigenvalue weighted by molar-refractivity contribution is 0.101. The number of ketones is 1. The standard InChI is InChI=1S/C17H12O4/c1-10(18)12-7-13(19)17-14(20)9-15(21-16(17)8-12)11-5-3-2-4-6-11/h2-9,19H,1H3. The topological polar surface area (TPSA) is 67.5 Å². The molecule has 0 aliphatic heterocycles. The summed E-state index contributed by atoms with van der Waals surface area (Å²) >= 11 is 0. The third-order valence-corrected chi connectivity index (χ3v) is 3.27. The van der Waals surface area contributed by atoms with E-state index in [1.807, 2.05) is 30.3 Å². The van der Waals surface area contributed by atoms with Crippen molar-refractivity contribution in [3.05, 3.63) is 64.3 Å². The second-order valence-electron chi connectivity index (χ2n) is 4.77. The summed E-state index contributed by atoms with van der Waals surface area (Å²) < 4.78 is 5.69. The smallest absolute Gasteiger partial charge is 0.197 e. The number of phenolic OH excluding ortho intramolecular Hbond substituents is 1. The molecule has 0 saturated heterocycles. The first-order valence-corrected chi connectivity index (χ1v) is 6.43. The number of Topliss-reactive ketones (excluding diaryl/α,β-unsaturated/α-hetero) is 1. The number of fused-ring (bicyclic) bond motifs is 1. The summed E-state index contributed by atoms with van der Waals surface area (Å²) in [6, 6.07) is 13.3. The highest BCUT2D eigenvalue weighted by molar-refractivity contribution is 5.99. The Hall–Kier alpha value is -2.88. The lowest BCUT2D eigenvalue weighted by atomic mass is 10.1. The number of benzene rings is 2. The first kappa shape index (κ1) is 13.1. The van der Waals surface area contributed by atoms with E-state index < -0.39 is 0 Å². The highest BCUT2D eigenvalue weighted by atomic mass is 16.3. The van der Waals surface area contributed by atoms with Crippen molar-refractivity contribution in [3.63, 3.8) is 0 Å². The zero-order valence-electron chi connectivity index (χ0n) is 11.3. The third kappa shape index (κ3) is 2.31. The fraction of sp³-hybridized carbons (Fsp3) is 0.0588. The monoisotopic (exact) mass is 280 g/mol. The van der Waals surface area contributed by atoms with E-state index in [0.29, 0.717) is 11.3 Å². The molecule has 21 heavy (non-hydrogen) atoms. The molecule has 0 atom stereocenters. The van der Waals surface area contributed by atoms with Crippen LogP contribution in [0.3, 0.4) is 0 Å². The zero-order chi connectivity index (χ0) is 15.0. The Morgan fingerprint density at radius 3 is 2.48 bits per heavy atom. The fourth-order valence-electron chi connectivity index (χ4n) is 2.22. The number of phenols is 1. The molecule has 0 spiro atoms. The van der Waals surface area contributed by atoms with Gasteiger partial charge in [-0.3, -0.25) is 9.59 Å². The summed E-state index contributed by atoms with van der Waals surface area (Å²) in [5.74, 6) is -0.0563. The molecule has 0 unspecified atom stereocenters. The molecule has 0 amide bonds. The predicted octanol–water partition coefficient (Wildman–Crippen LogP) is 3.37. The second kappa shape index (κ2) is 4.90. The maximum atomic E-state index is 12.2. The van der Waals surface area contributed by atoms with Crippen LogP contribution in [0.25, 0.3) is 22.3 Å². The Labute approximate surface area is 120 Å². The molecule has 0 fully saturated rings. The van der Waals surface area contributed by atoms with E-state index in [1.54, 1.807) is 0 Å². The van der Waals surface area contributed by atoms with E-state index in [2.05, 4.69) is 0 Å². The first-order valence-electron chi connectivity index (χ1n) is 6.43. The highest BCUT2D eigenvalue weighted by Gasteiger charge is 2.13. The summed E-state index contributed by atoms with van der Waals surface area (Å²) in [6.07, 6.45) is 0. The van der Waals surface area contributed by atoms with Gasteiger partial charge in [-0.25, -0.2) is 0 Å². The summed E-state index contributed by atoms with van der Waals surface area (Å²) in [7, 11) is 0. The molecule has 104 valence electrons. The van der Waals surface area contributed by atoms with Crippen molar-refractivity contribution < 1.29 is 14.3 Å². The van der Waals surface area contributed by atoms with Crippen molar-refractivity contribution in [1.29, 1.82) is 0 Å². The molecule has 3 rings (SSSR count). The van der Waals surface area contributed by atoms with Crippen LogP contribution in [-0.2, 0) is 0 Å². The Bertz CT molecular complexity index is 892. The Balaban J connectivity index is 2.33. The van der Waals surface area contributed by atoms with E-state index in [1.165, 1.54) is 25.1 Å². The summed E-state index contributed by atoms with van der Waals surface area (Å²) in [4.78, 5) is 23.6. The molecule has 3 aromatic rings. The zero-order valence-corrected chi connectivity index (χ0v) is 11.3. The van der Waals surface area contributed by atoms with E-state index in [9.17, 15) is 14.7 Å². The minimum Gasteiger partial charge on any atom is -0.507 e. The number of hydrogen-bond donors (Lipinski definition) is 1. The maximum Gasteiger partial charge on any atom is 0.197 e. The van der Waals surface area contributed by atoms with Crippen LogP contribution in [-0.4, -0.2) is 10.9 Å². The molecule has 4 nitrogen and oxygen atoms in total. The highest BCUT2D eigenvalue weighted by Crippen LogP contribution is 2.28. The van der Waals surface area contributed by atoms with Gasteiger partial charge >= 0.3 is 0 Å². The van der Waals surface area contributed by atoms with Gasteiger partial charge in [-0.05, 0) is 19.1 Å². The van der Waals surface area contributed by atoms with Crippen molar-refractivity contribution in [2.45, 2.75) is 6.92 Å². The average molecular weight is 280 g/mol. The lowest BCUT2D eigenvalue weighted by Gasteiger charge is -2.06. The van der Waals surface area contributed by atoms with Crippen LogP contribution in [0.4, 0.5) is 0 Å². The predicted molar refractivity (Wildman–Crippen MR) is 79.6 cm³/mol. The van der Waals surface area contributed by atoms with Gasteiger partial charge in [0.25, 0.3) is 0 Å². The SMILES string of the molecule is CC(=O)c1cc(O)c2c(=O)cc(-c3ccccc3)oc2c1. The molecule has 0 aliphatic carbocycles. The maximum absolute atomic E-state index is 12.2. The van der Waals surface area contributed by atoms with Crippen molar-refractivity contribution in [2.75, 3.05) is 0 Å². The van der Waals surface area contributed by atoms with E-state index in [-0.39, 0.29) is 27.9 Å². The Kier molecular flexibility index (Phi) is 3.06. The van der Waals surface area contributed by atoms with Crippen molar-refractivity contribution in [3.8, 4) is 17.1 Å². The summed E-state index contributed by atoms with van der Waals surface area (Å²) in [5, 5.41) is 10.0. The summed E-state index contributed by atoms with van der Waals surface area (Å²) in [5.41, 5.74) is 0.909. The molecule has 1 heterocycles. The van der Waals surface area contributed by atoms with Crippen LogP contribution < -0.4 is 5.43 Å². The van der Waals surface area contributed by atoms with Crippen LogP contribution in [0.15, 0.2) is 57.7 Å². The van der Waals surface area contributed by atoms with Gasteiger partial charge in [-0.1, -0.05) is 30.3 Å². The van der Waals surface area contributed by atoms with Crippen molar-refractivity contribution >= 4 is 16.8 Å². The van der Waals surface area contributed by atoms with Crippen molar-refractivity contribution in [2.24, 2.45) is 0 Å². The van der Waals surface area contributed by atoms with E-state index in [4.69, 9.17) is 4.42 Å². The molecule has 1 N–H and O–H groups in total. The lowest BCUT2D eigenvalue weighted by Crippen LogP contribution is -2.02. The van der Waals surface area contributed by atoms with Gasteiger partial charge in [0.15, 0.2) is 11.2 Å². The largest absolute Gasteiger partial charge is 0.507 e. The van der Waals surface area contributed by atoms with Crippen LogP contribution in [0.2, 0.25) is 0 Å². The average Bonchev–Trinajstić information content (AvgIpc) is 2.47. The first-order chi connectivity index (χ1) is 10.1. The van der Waals surface area contributed by atoms with Gasteiger partial charge in [0.1, 0.15) is 22.5 Å². The van der Waals surface area contributed by atoms with Crippen LogP contribution in [0, 0.1) is 0 Å². The molecular formula is C17H12O4. The molecule has 4 heteroatoms. The number of carbonyl (C=O) groups is 1. The van der Waals surface area contributed by atoms with Gasteiger partial charge in [0.05, 0.1) is 0 Å². The number of hydrogen-bond acceptors (Lipinski definition) is 4. The third-order valence-electron chi connectivity index (χ3n) is 3.27. The number of rotatable bonds is 2. The molecule has 1 aromatic heterocycles. The van der Waals surface area contributed by atoms with Crippen LogP contribution in [0.5, 0.6) is 5.75 Å². The van der Waals surface area contributed by atoms with Gasteiger partial charge in [0.2, 0.25) is 0 Å². The minimum absolute atomic E-state index is 0.0830. The fourth-order valence-corrected chi connectivity index (χ4v) is 2.22. The molecule has 0 saturated carbocycles. The second-order valence-corrected chi connectivity index (χ2v) is 4.77. The Morgan fingerprint density at radius 1 is 1.10 bits per heavy atom. The van der Waals surface area contributed by atoms with Crippen LogP contribution in [0.1, 0.15) is 17.3 Å². The van der Waals surface area contributed by atoms with Crippen LogP contribution >= 0.6 is 0 Å². The van der Waals surface area contributed by atoms with Gasteiger partial charge in [0, 0.05) is 17.2 Å². The van der Waals surface area contributed by atoms with Gasteiger partial charge in [-0.2, -0.15) is 0 Å². The molecule has 0 radical (unpaired) electrons. The van der Waals surface area contributed by atoms with Gasteiger partial charge in [-0.15, -0.1) is 0 Å². The minimum atomic E-state index is -0.345. The van der Waals surface area contributed by atoms with Gasteiger partial charge < -0.3 is 9.52 Å². The Morgan fingerprint density at radius 2 is 1.81 bits per heavy atom. The molecule has 2 aromatic carbocycles. The molecular weight excluding hydrogens is 268 g/mol. The quantitative estimate of drug-likeness (QED) is 0.731. The normalized spacial score (nSPS) is 10.7. The molecule has 0 aliphatic rings. The number of aromatic hydroxyl groups is 1. The van der Waals surface area contributed by atoms with Crippen molar-refractivity contribution in [1.82, 2.24) is 0 Å². The summed E-state index contributed by atoms with van der Waals surface area (Å²) in [6.45, 7) is 1.39. The van der Waals surface area contributed by atoms with E-state index in [0.717, 1.165) is 5.56 Å². The molecule has 0 bridgehead atoms. The van der Waals surface area contributed by atoms with E-state index >= 15 is 0 Å².